The second-order valence-electron chi connectivity index (χ2n) is 5.22. The summed E-state index contributed by atoms with van der Waals surface area (Å²) in [6, 6.07) is 10.3. The Bertz CT molecular complexity index is 808. The smallest absolute Gasteiger partial charge is 0.151 e. The van der Waals surface area contributed by atoms with Gasteiger partial charge in [0.15, 0.2) is 5.82 Å². The first-order valence-corrected chi connectivity index (χ1v) is 7.06. The van der Waals surface area contributed by atoms with E-state index in [1.165, 1.54) is 6.07 Å². The standard InChI is InChI=1S/C17H17FN2O/c1-3-9-20-14-6-4-5-13(18)16(14)19-17(20)12-10-11(2)7-8-15(12)21/h4-8,10,21H,3,9H2,1-2H3. The topological polar surface area (TPSA) is 38.0 Å². The van der Waals surface area contributed by atoms with Crippen LogP contribution in [0.15, 0.2) is 36.4 Å². The zero-order valence-corrected chi connectivity index (χ0v) is 12.1. The molecule has 3 rings (SSSR count). The fourth-order valence-electron chi connectivity index (χ4n) is 2.60. The van der Waals surface area contributed by atoms with Crippen LogP contribution in [0.25, 0.3) is 22.4 Å². The normalized spacial score (nSPS) is 11.2. The summed E-state index contributed by atoms with van der Waals surface area (Å²) in [4.78, 5) is 4.43. The van der Waals surface area contributed by atoms with E-state index >= 15 is 0 Å². The number of phenols is 1. The Morgan fingerprint density at radius 3 is 2.81 bits per heavy atom. The third kappa shape index (κ3) is 2.27. The number of nitrogens with zero attached hydrogens (tertiary/aromatic N) is 2. The monoisotopic (exact) mass is 284 g/mol. The summed E-state index contributed by atoms with van der Waals surface area (Å²) < 4.78 is 15.9. The molecule has 3 nitrogen and oxygen atoms in total. The first-order chi connectivity index (χ1) is 10.1. The molecule has 2 aromatic carbocycles. The molecule has 3 aromatic rings. The number of aryl methyl sites for hydroxylation is 2. The molecular formula is C17H17FN2O. The van der Waals surface area contributed by atoms with Gasteiger partial charge in [0.1, 0.15) is 17.1 Å². The predicted octanol–water partition coefficient (Wildman–Crippen LogP) is 4.27. The average molecular weight is 284 g/mol. The van der Waals surface area contributed by atoms with Gasteiger partial charge < -0.3 is 9.67 Å². The number of imidazole rings is 1. The summed E-state index contributed by atoms with van der Waals surface area (Å²) in [6.07, 6.45) is 0.904. The van der Waals surface area contributed by atoms with Gasteiger partial charge in [0.25, 0.3) is 0 Å². The van der Waals surface area contributed by atoms with Gasteiger partial charge in [-0.05, 0) is 37.6 Å². The number of aromatic nitrogens is 2. The van der Waals surface area contributed by atoms with Crippen LogP contribution in [0.2, 0.25) is 0 Å². The number of phenolic OH excluding ortho intramolecular Hbond substituents is 1. The molecule has 0 aliphatic carbocycles. The largest absolute Gasteiger partial charge is 0.507 e. The molecule has 1 N–H and O–H groups in total. The second-order valence-corrected chi connectivity index (χ2v) is 5.22. The zero-order valence-electron chi connectivity index (χ0n) is 12.1. The van der Waals surface area contributed by atoms with Crippen LogP contribution in [0.1, 0.15) is 18.9 Å². The Hall–Kier alpha value is -2.36. The first kappa shape index (κ1) is 13.6. The predicted molar refractivity (Wildman–Crippen MR) is 81.8 cm³/mol. The van der Waals surface area contributed by atoms with Crippen LogP contribution in [-0.4, -0.2) is 14.7 Å². The van der Waals surface area contributed by atoms with E-state index in [4.69, 9.17) is 0 Å². The average Bonchev–Trinajstić information content (AvgIpc) is 2.82. The highest BCUT2D eigenvalue weighted by atomic mass is 19.1. The molecule has 108 valence electrons. The van der Waals surface area contributed by atoms with E-state index in [0.717, 1.165) is 24.0 Å². The molecule has 0 radical (unpaired) electrons. The van der Waals surface area contributed by atoms with E-state index in [1.807, 2.05) is 29.7 Å². The van der Waals surface area contributed by atoms with Gasteiger partial charge in [-0.1, -0.05) is 24.6 Å². The molecule has 0 aliphatic rings. The SMILES string of the molecule is CCCn1c(-c2cc(C)ccc2O)nc2c(F)cccc21. The first-order valence-electron chi connectivity index (χ1n) is 7.06. The molecule has 0 fully saturated rings. The van der Waals surface area contributed by atoms with Crippen LogP contribution in [0, 0.1) is 12.7 Å². The van der Waals surface area contributed by atoms with Crippen molar-refractivity contribution in [1.29, 1.82) is 0 Å². The summed E-state index contributed by atoms with van der Waals surface area (Å²) in [5, 5.41) is 10.1. The summed E-state index contributed by atoms with van der Waals surface area (Å²) in [6.45, 7) is 4.74. The molecule has 0 bridgehead atoms. The maximum atomic E-state index is 14.0. The van der Waals surface area contributed by atoms with E-state index in [2.05, 4.69) is 11.9 Å². The highest BCUT2D eigenvalue weighted by molar-refractivity contribution is 5.82. The van der Waals surface area contributed by atoms with Gasteiger partial charge in [-0.25, -0.2) is 9.37 Å². The molecule has 0 atom stereocenters. The molecule has 0 amide bonds. The summed E-state index contributed by atoms with van der Waals surface area (Å²) >= 11 is 0. The highest BCUT2D eigenvalue weighted by Gasteiger charge is 2.17. The van der Waals surface area contributed by atoms with Gasteiger partial charge in [-0.2, -0.15) is 0 Å². The van der Waals surface area contributed by atoms with Gasteiger partial charge in [0, 0.05) is 6.54 Å². The van der Waals surface area contributed by atoms with E-state index in [-0.39, 0.29) is 11.6 Å². The van der Waals surface area contributed by atoms with Gasteiger partial charge >= 0.3 is 0 Å². The summed E-state index contributed by atoms with van der Waals surface area (Å²) in [7, 11) is 0. The van der Waals surface area contributed by atoms with Crippen LogP contribution in [0.5, 0.6) is 5.75 Å². The Morgan fingerprint density at radius 1 is 1.24 bits per heavy atom. The number of rotatable bonds is 3. The van der Waals surface area contributed by atoms with Crippen LogP contribution in [-0.2, 0) is 6.54 Å². The Labute approximate surface area is 122 Å². The number of halogens is 1. The lowest BCUT2D eigenvalue weighted by Crippen LogP contribution is -2.00. The fraction of sp³-hybridized carbons (Fsp3) is 0.235. The Morgan fingerprint density at radius 2 is 2.05 bits per heavy atom. The lowest BCUT2D eigenvalue weighted by molar-refractivity contribution is 0.476. The maximum absolute atomic E-state index is 14.0. The van der Waals surface area contributed by atoms with Gasteiger partial charge in [0.05, 0.1) is 11.1 Å². The molecule has 0 saturated heterocycles. The number of hydrogen-bond acceptors (Lipinski definition) is 2. The molecule has 0 spiro atoms. The van der Waals surface area contributed by atoms with Crippen molar-refractivity contribution in [3.63, 3.8) is 0 Å². The lowest BCUT2D eigenvalue weighted by Gasteiger charge is -2.09. The van der Waals surface area contributed by atoms with Crippen molar-refractivity contribution in [2.24, 2.45) is 0 Å². The van der Waals surface area contributed by atoms with Crippen LogP contribution in [0.3, 0.4) is 0 Å². The van der Waals surface area contributed by atoms with E-state index in [1.54, 1.807) is 12.1 Å². The third-order valence-electron chi connectivity index (χ3n) is 3.57. The molecule has 1 heterocycles. The van der Waals surface area contributed by atoms with Crippen LogP contribution < -0.4 is 0 Å². The second kappa shape index (κ2) is 5.20. The number of fused-ring (bicyclic) bond motifs is 1. The minimum Gasteiger partial charge on any atom is -0.507 e. The van der Waals surface area contributed by atoms with Crippen molar-refractivity contribution in [2.75, 3.05) is 0 Å². The summed E-state index contributed by atoms with van der Waals surface area (Å²) in [5.41, 5.74) is 2.77. The van der Waals surface area contributed by atoms with Crippen molar-refractivity contribution >= 4 is 11.0 Å². The van der Waals surface area contributed by atoms with E-state index < -0.39 is 0 Å². The van der Waals surface area contributed by atoms with E-state index in [9.17, 15) is 9.50 Å². The minimum atomic E-state index is -0.337. The van der Waals surface area contributed by atoms with Crippen molar-refractivity contribution in [3.8, 4) is 17.1 Å². The number of hydrogen-bond donors (Lipinski definition) is 1. The van der Waals surface area contributed by atoms with Gasteiger partial charge in [0.2, 0.25) is 0 Å². The van der Waals surface area contributed by atoms with Gasteiger partial charge in [-0.15, -0.1) is 0 Å². The van der Waals surface area contributed by atoms with Gasteiger partial charge in [-0.3, -0.25) is 0 Å². The molecule has 4 heteroatoms. The summed E-state index contributed by atoms with van der Waals surface area (Å²) in [5.74, 6) is 0.433. The molecule has 0 aliphatic heterocycles. The van der Waals surface area contributed by atoms with Crippen LogP contribution in [0.4, 0.5) is 4.39 Å². The minimum absolute atomic E-state index is 0.161. The quantitative estimate of drug-likeness (QED) is 0.780. The molecule has 0 unspecified atom stereocenters. The van der Waals surface area contributed by atoms with Crippen molar-refractivity contribution in [2.45, 2.75) is 26.8 Å². The lowest BCUT2D eigenvalue weighted by atomic mass is 10.1. The Kier molecular flexibility index (Phi) is 3.37. The van der Waals surface area contributed by atoms with Crippen molar-refractivity contribution in [1.82, 2.24) is 9.55 Å². The molecule has 21 heavy (non-hydrogen) atoms. The molecule has 1 aromatic heterocycles. The van der Waals surface area contributed by atoms with Crippen molar-refractivity contribution in [3.05, 3.63) is 47.8 Å². The highest BCUT2D eigenvalue weighted by Crippen LogP contribution is 2.32. The fourth-order valence-corrected chi connectivity index (χ4v) is 2.60. The number of para-hydroxylation sites is 1. The number of benzene rings is 2. The van der Waals surface area contributed by atoms with Crippen LogP contribution >= 0.6 is 0 Å². The number of aromatic hydroxyl groups is 1. The zero-order chi connectivity index (χ0) is 15.0. The Balaban J connectivity index is 2.33. The molecular weight excluding hydrogens is 267 g/mol. The third-order valence-corrected chi connectivity index (χ3v) is 3.57. The molecule has 0 saturated carbocycles. The van der Waals surface area contributed by atoms with E-state index in [0.29, 0.717) is 16.9 Å². The maximum Gasteiger partial charge on any atom is 0.151 e. The van der Waals surface area contributed by atoms with Crippen molar-refractivity contribution < 1.29 is 9.50 Å².